The molecule has 1 unspecified atom stereocenters. The summed E-state index contributed by atoms with van der Waals surface area (Å²) in [5.41, 5.74) is 1.35. The molecule has 3 aliphatic heterocycles. The first-order valence-corrected chi connectivity index (χ1v) is 11.9. The van der Waals surface area contributed by atoms with E-state index in [1.54, 1.807) is 0 Å². The van der Waals surface area contributed by atoms with Crippen LogP contribution in [-0.4, -0.2) is 65.3 Å². The fourth-order valence-corrected chi connectivity index (χ4v) is 6.16. The molecule has 1 saturated carbocycles. The maximum Gasteiger partial charge on any atom is 0.227 e. The van der Waals surface area contributed by atoms with E-state index in [0.29, 0.717) is 23.8 Å². The molecule has 28 heavy (non-hydrogen) atoms. The molecule has 0 radical (unpaired) electrons. The first-order chi connectivity index (χ1) is 13.7. The highest BCUT2D eigenvalue weighted by molar-refractivity contribution is 7.10. The number of piperidine rings is 2. The molecule has 1 aromatic heterocycles. The Morgan fingerprint density at radius 2 is 1.68 bits per heavy atom. The lowest BCUT2D eigenvalue weighted by Gasteiger charge is -2.43. The fraction of sp³-hybridized carbons (Fsp3) is 0.727. The highest BCUT2D eigenvalue weighted by Gasteiger charge is 2.37. The van der Waals surface area contributed by atoms with Gasteiger partial charge >= 0.3 is 0 Å². The summed E-state index contributed by atoms with van der Waals surface area (Å²) >= 11 is 1.83. The third-order valence-corrected chi connectivity index (χ3v) is 8.16. The fourth-order valence-electron chi connectivity index (χ4n) is 5.27. The van der Waals surface area contributed by atoms with E-state index >= 15 is 0 Å². The highest BCUT2D eigenvalue weighted by Crippen LogP contribution is 2.33. The van der Waals surface area contributed by atoms with Gasteiger partial charge in [-0.1, -0.05) is 0 Å². The van der Waals surface area contributed by atoms with Crippen LogP contribution in [0.25, 0.3) is 0 Å². The summed E-state index contributed by atoms with van der Waals surface area (Å²) in [5, 5.41) is 2.15. The van der Waals surface area contributed by atoms with Crippen molar-refractivity contribution >= 4 is 23.2 Å². The molecule has 0 bridgehead atoms. The predicted molar refractivity (Wildman–Crippen MR) is 110 cm³/mol. The monoisotopic (exact) mass is 401 g/mol. The average molecular weight is 402 g/mol. The average Bonchev–Trinajstić information content (AvgIpc) is 3.50. The van der Waals surface area contributed by atoms with Gasteiger partial charge in [0.15, 0.2) is 0 Å². The lowest BCUT2D eigenvalue weighted by Crippen LogP contribution is -2.52. The summed E-state index contributed by atoms with van der Waals surface area (Å²) in [7, 11) is 0. The van der Waals surface area contributed by atoms with Crippen molar-refractivity contribution in [3.63, 3.8) is 0 Å². The summed E-state index contributed by atoms with van der Waals surface area (Å²) < 4.78 is 0. The Kier molecular flexibility index (Phi) is 5.18. The molecular weight excluding hydrogens is 370 g/mol. The van der Waals surface area contributed by atoms with E-state index in [1.165, 1.54) is 10.4 Å². The number of nitrogens with zero attached hydrogens (tertiary/aromatic N) is 3. The van der Waals surface area contributed by atoms with Gasteiger partial charge in [-0.2, -0.15) is 0 Å². The number of carbonyl (C=O) groups excluding carboxylic acids is 2. The van der Waals surface area contributed by atoms with Crippen LogP contribution in [0.5, 0.6) is 0 Å². The van der Waals surface area contributed by atoms with E-state index in [1.807, 2.05) is 11.3 Å². The number of thiophene rings is 1. The Morgan fingerprint density at radius 3 is 2.46 bits per heavy atom. The minimum Gasteiger partial charge on any atom is -0.342 e. The molecule has 2 amide bonds. The molecule has 4 aliphatic rings. The molecule has 1 aromatic rings. The smallest absolute Gasteiger partial charge is 0.227 e. The van der Waals surface area contributed by atoms with Gasteiger partial charge in [-0.15, -0.1) is 11.3 Å². The van der Waals surface area contributed by atoms with Crippen molar-refractivity contribution in [2.24, 2.45) is 11.8 Å². The van der Waals surface area contributed by atoms with Gasteiger partial charge in [0.1, 0.15) is 0 Å². The number of carbonyl (C=O) groups is 2. The number of rotatable bonds is 3. The second-order valence-electron chi connectivity index (χ2n) is 9.04. The molecule has 4 heterocycles. The second kappa shape index (κ2) is 7.79. The summed E-state index contributed by atoms with van der Waals surface area (Å²) in [4.78, 5) is 33.7. The zero-order chi connectivity index (χ0) is 19.1. The van der Waals surface area contributed by atoms with Crippen LogP contribution in [-0.2, 0) is 22.6 Å². The van der Waals surface area contributed by atoms with E-state index in [4.69, 9.17) is 0 Å². The summed E-state index contributed by atoms with van der Waals surface area (Å²) in [6, 6.07) is 2.73. The van der Waals surface area contributed by atoms with Crippen molar-refractivity contribution in [2.75, 3.05) is 32.7 Å². The van der Waals surface area contributed by atoms with Gasteiger partial charge in [0.25, 0.3) is 0 Å². The van der Waals surface area contributed by atoms with Crippen LogP contribution in [0.1, 0.15) is 49.0 Å². The SMILES string of the molecule is O=C(C1CC1)N1CCC(N2CCCC(C(=O)N3CCc4sccc4C3)C2)CC1. The Balaban J connectivity index is 1.15. The number of hydrogen-bond donors (Lipinski definition) is 0. The summed E-state index contributed by atoms with van der Waals surface area (Å²) in [5.74, 6) is 1.24. The van der Waals surface area contributed by atoms with Gasteiger partial charge in [0, 0.05) is 49.6 Å². The number of fused-ring (bicyclic) bond motifs is 1. The van der Waals surface area contributed by atoms with Gasteiger partial charge < -0.3 is 9.80 Å². The van der Waals surface area contributed by atoms with E-state index in [2.05, 4.69) is 26.1 Å². The van der Waals surface area contributed by atoms with Crippen LogP contribution in [0.15, 0.2) is 11.4 Å². The first-order valence-electron chi connectivity index (χ1n) is 11.1. The minimum atomic E-state index is 0.153. The van der Waals surface area contributed by atoms with Crippen molar-refractivity contribution in [2.45, 2.75) is 57.5 Å². The second-order valence-corrected chi connectivity index (χ2v) is 10.0. The topological polar surface area (TPSA) is 43.9 Å². The van der Waals surface area contributed by atoms with Crippen LogP contribution < -0.4 is 0 Å². The van der Waals surface area contributed by atoms with E-state index in [-0.39, 0.29) is 5.92 Å². The molecule has 1 atom stereocenters. The van der Waals surface area contributed by atoms with Crippen LogP contribution in [0.3, 0.4) is 0 Å². The van der Waals surface area contributed by atoms with Crippen LogP contribution in [0.2, 0.25) is 0 Å². The van der Waals surface area contributed by atoms with E-state index in [9.17, 15) is 9.59 Å². The van der Waals surface area contributed by atoms with Crippen LogP contribution in [0, 0.1) is 11.8 Å². The summed E-state index contributed by atoms with van der Waals surface area (Å²) in [6.07, 6.45) is 7.50. The Bertz CT molecular complexity index is 736. The van der Waals surface area contributed by atoms with Crippen molar-refractivity contribution in [3.05, 3.63) is 21.9 Å². The zero-order valence-corrected chi connectivity index (χ0v) is 17.5. The molecule has 0 spiro atoms. The predicted octanol–water partition coefficient (Wildman–Crippen LogP) is 2.75. The van der Waals surface area contributed by atoms with Gasteiger partial charge in [-0.25, -0.2) is 0 Å². The normalized spacial score (nSPS) is 26.9. The van der Waals surface area contributed by atoms with Crippen LogP contribution in [0.4, 0.5) is 0 Å². The molecule has 1 aliphatic carbocycles. The Morgan fingerprint density at radius 1 is 0.893 bits per heavy atom. The van der Waals surface area contributed by atoms with Crippen molar-refractivity contribution in [1.29, 1.82) is 0 Å². The van der Waals surface area contributed by atoms with Gasteiger partial charge in [-0.05, 0) is 68.5 Å². The summed E-state index contributed by atoms with van der Waals surface area (Å²) in [6.45, 7) is 5.51. The van der Waals surface area contributed by atoms with Crippen molar-refractivity contribution in [1.82, 2.24) is 14.7 Å². The largest absolute Gasteiger partial charge is 0.342 e. The maximum absolute atomic E-state index is 13.2. The first kappa shape index (κ1) is 18.6. The zero-order valence-electron chi connectivity index (χ0n) is 16.6. The Hall–Kier alpha value is -1.40. The highest BCUT2D eigenvalue weighted by atomic mass is 32.1. The van der Waals surface area contributed by atoms with Crippen LogP contribution >= 0.6 is 11.3 Å². The molecule has 5 rings (SSSR count). The third-order valence-electron chi connectivity index (χ3n) is 7.14. The van der Waals surface area contributed by atoms with Crippen molar-refractivity contribution in [3.8, 4) is 0 Å². The lowest BCUT2D eigenvalue weighted by atomic mass is 9.92. The molecule has 3 fully saturated rings. The molecule has 2 saturated heterocycles. The third kappa shape index (κ3) is 3.73. The molecule has 6 heteroatoms. The number of likely N-dealkylation sites (tertiary alicyclic amines) is 2. The number of amides is 2. The molecule has 0 aromatic carbocycles. The maximum atomic E-state index is 13.2. The quantitative estimate of drug-likeness (QED) is 0.782. The lowest BCUT2D eigenvalue weighted by molar-refractivity contribution is -0.139. The molecular formula is C22H31N3O2S. The van der Waals surface area contributed by atoms with Crippen molar-refractivity contribution < 1.29 is 9.59 Å². The molecule has 152 valence electrons. The molecule has 5 nitrogen and oxygen atoms in total. The van der Waals surface area contributed by atoms with E-state index in [0.717, 1.165) is 84.2 Å². The van der Waals surface area contributed by atoms with Gasteiger partial charge in [0.2, 0.25) is 11.8 Å². The van der Waals surface area contributed by atoms with Gasteiger partial charge in [-0.3, -0.25) is 14.5 Å². The standard InChI is InChI=1S/C22H31N3O2S/c26-21(16-3-4-16)23-10-5-19(6-11-23)24-9-1-2-18(15-24)22(27)25-12-7-20-17(14-25)8-13-28-20/h8,13,16,18-19H,1-7,9-12,14-15H2. The van der Waals surface area contributed by atoms with Gasteiger partial charge in [0.05, 0.1) is 5.92 Å². The molecule has 0 N–H and O–H groups in total. The number of hydrogen-bond acceptors (Lipinski definition) is 4. The Labute approximate surface area is 171 Å². The minimum absolute atomic E-state index is 0.153. The van der Waals surface area contributed by atoms with E-state index < -0.39 is 0 Å².